The number of fused-ring (bicyclic) bond motifs is 1. The highest BCUT2D eigenvalue weighted by atomic mass is 35.5. The molecule has 2 atom stereocenters. The van der Waals surface area contributed by atoms with Gasteiger partial charge >= 0.3 is 0 Å². The molecule has 2 aliphatic rings. The van der Waals surface area contributed by atoms with Crippen LogP contribution in [0.2, 0.25) is 0 Å². The van der Waals surface area contributed by atoms with Crippen LogP contribution in [-0.4, -0.2) is 37.6 Å². The summed E-state index contributed by atoms with van der Waals surface area (Å²) >= 11 is 0. The van der Waals surface area contributed by atoms with Gasteiger partial charge in [-0.3, -0.25) is 0 Å². The van der Waals surface area contributed by atoms with Crippen molar-refractivity contribution in [1.82, 2.24) is 10.2 Å². The molecule has 0 amide bonds. The van der Waals surface area contributed by atoms with Gasteiger partial charge in [-0.2, -0.15) is 0 Å². The van der Waals surface area contributed by atoms with E-state index in [1.807, 2.05) is 0 Å². The van der Waals surface area contributed by atoms with Gasteiger partial charge in [-0.25, -0.2) is 0 Å². The molecule has 0 aromatic heterocycles. The number of piperidine rings is 1. The lowest BCUT2D eigenvalue weighted by Crippen LogP contribution is -2.35. The zero-order chi connectivity index (χ0) is 6.48. The molecule has 0 unspecified atom stereocenters. The maximum absolute atomic E-state index is 3.40. The minimum absolute atomic E-state index is 0. The summed E-state index contributed by atoms with van der Waals surface area (Å²) in [7, 11) is 4.38. The van der Waals surface area contributed by atoms with E-state index < -0.39 is 0 Å². The van der Waals surface area contributed by atoms with E-state index in [-0.39, 0.29) is 24.8 Å². The van der Waals surface area contributed by atoms with E-state index in [0.29, 0.717) is 5.54 Å². The second-order valence-corrected chi connectivity index (χ2v) is 3.53. The van der Waals surface area contributed by atoms with Gasteiger partial charge in [-0.15, -0.1) is 24.8 Å². The van der Waals surface area contributed by atoms with Gasteiger partial charge in [0.15, 0.2) is 0 Å². The first-order valence-electron chi connectivity index (χ1n) is 3.64. The van der Waals surface area contributed by atoms with E-state index in [9.17, 15) is 0 Å². The van der Waals surface area contributed by atoms with Gasteiger partial charge in [0.25, 0.3) is 0 Å². The van der Waals surface area contributed by atoms with Crippen molar-refractivity contribution in [2.45, 2.75) is 12.0 Å². The van der Waals surface area contributed by atoms with E-state index in [1.165, 1.54) is 19.5 Å². The molecule has 1 saturated carbocycles. The number of rotatable bonds is 1. The number of likely N-dealkylation sites (N-methyl/N-ethyl adjacent to an activating group) is 1. The third-order valence-corrected chi connectivity index (χ3v) is 2.91. The monoisotopic (exact) mass is 198 g/mol. The zero-order valence-corrected chi connectivity index (χ0v) is 8.60. The molecule has 0 bridgehead atoms. The summed E-state index contributed by atoms with van der Waals surface area (Å²) < 4.78 is 0. The molecule has 0 radical (unpaired) electrons. The predicted octanol–water partition coefficient (Wildman–Crippen LogP) is 0.753. The normalized spacial score (nSPS) is 39.0. The Morgan fingerprint density at radius 2 is 2.00 bits per heavy atom. The van der Waals surface area contributed by atoms with Crippen LogP contribution in [-0.2, 0) is 0 Å². The summed E-state index contributed by atoms with van der Waals surface area (Å²) in [6, 6.07) is 0. The summed E-state index contributed by atoms with van der Waals surface area (Å²) in [6.45, 7) is 2.46. The minimum atomic E-state index is 0. The maximum atomic E-state index is 3.40. The Bertz CT molecular complexity index is 136. The molecule has 1 aliphatic heterocycles. The van der Waals surface area contributed by atoms with Crippen molar-refractivity contribution in [2.24, 2.45) is 5.92 Å². The molecule has 1 heterocycles. The summed E-state index contributed by atoms with van der Waals surface area (Å²) in [5.74, 6) is 0.965. The lowest BCUT2D eigenvalue weighted by Gasteiger charge is -2.20. The third-order valence-electron chi connectivity index (χ3n) is 2.91. The van der Waals surface area contributed by atoms with Crippen LogP contribution in [0.3, 0.4) is 0 Å². The maximum Gasteiger partial charge on any atom is 0.0372 e. The minimum Gasteiger partial charge on any atom is -0.315 e. The Morgan fingerprint density at radius 1 is 1.36 bits per heavy atom. The van der Waals surface area contributed by atoms with Crippen LogP contribution >= 0.6 is 24.8 Å². The lowest BCUT2D eigenvalue weighted by molar-refractivity contribution is 0.274. The summed E-state index contributed by atoms with van der Waals surface area (Å²) in [5.41, 5.74) is 0.583. The second kappa shape index (κ2) is 3.48. The summed E-state index contributed by atoms with van der Waals surface area (Å²) in [5, 5.41) is 3.40. The molecule has 0 aromatic rings. The first kappa shape index (κ1) is 11.5. The molecular formula is C7H16Cl2N2. The standard InChI is InChI=1S/C7H14N2.2ClH/c1-9(2)7-3-6(7)4-8-5-7;;/h6,8H,3-5H2,1-2H3;2*1H/t6-,7-;;/m0../s1. The van der Waals surface area contributed by atoms with Crippen molar-refractivity contribution >= 4 is 24.8 Å². The van der Waals surface area contributed by atoms with Crippen molar-refractivity contribution in [3.05, 3.63) is 0 Å². The van der Waals surface area contributed by atoms with Crippen LogP contribution in [0.5, 0.6) is 0 Å². The average Bonchev–Trinajstić information content (AvgIpc) is 2.38. The van der Waals surface area contributed by atoms with E-state index in [0.717, 1.165) is 5.92 Å². The van der Waals surface area contributed by atoms with Crippen molar-refractivity contribution in [3.8, 4) is 0 Å². The number of nitrogens with one attached hydrogen (secondary N) is 1. The topological polar surface area (TPSA) is 15.3 Å². The molecular weight excluding hydrogens is 183 g/mol. The van der Waals surface area contributed by atoms with Crippen molar-refractivity contribution in [2.75, 3.05) is 27.2 Å². The van der Waals surface area contributed by atoms with Crippen LogP contribution in [0.1, 0.15) is 6.42 Å². The van der Waals surface area contributed by atoms with Crippen LogP contribution < -0.4 is 5.32 Å². The number of halogens is 2. The fourth-order valence-electron chi connectivity index (χ4n) is 2.02. The molecule has 2 fully saturated rings. The number of nitrogens with zero attached hydrogens (tertiary/aromatic N) is 1. The third kappa shape index (κ3) is 1.50. The molecule has 1 saturated heterocycles. The SMILES string of the molecule is CN(C)[C@@]12CNC[C@@H]1C2.Cl.Cl. The van der Waals surface area contributed by atoms with Gasteiger partial charge in [-0.1, -0.05) is 0 Å². The van der Waals surface area contributed by atoms with Crippen molar-refractivity contribution < 1.29 is 0 Å². The first-order chi connectivity index (χ1) is 4.26. The first-order valence-corrected chi connectivity index (χ1v) is 3.64. The van der Waals surface area contributed by atoms with E-state index >= 15 is 0 Å². The van der Waals surface area contributed by atoms with Gasteiger partial charge in [0.2, 0.25) is 0 Å². The van der Waals surface area contributed by atoms with Gasteiger partial charge in [0.05, 0.1) is 0 Å². The van der Waals surface area contributed by atoms with Crippen LogP contribution in [0.15, 0.2) is 0 Å². The Hall–Kier alpha value is 0.500. The van der Waals surface area contributed by atoms with Crippen LogP contribution in [0.25, 0.3) is 0 Å². The van der Waals surface area contributed by atoms with Gasteiger partial charge < -0.3 is 10.2 Å². The van der Waals surface area contributed by atoms with Gasteiger partial charge in [0, 0.05) is 12.1 Å². The summed E-state index contributed by atoms with van der Waals surface area (Å²) in [4.78, 5) is 2.37. The highest BCUT2D eigenvalue weighted by Crippen LogP contribution is 2.49. The molecule has 2 nitrogen and oxygen atoms in total. The Kier molecular flexibility index (Phi) is 3.64. The Morgan fingerprint density at radius 3 is 2.18 bits per heavy atom. The van der Waals surface area contributed by atoms with E-state index in [2.05, 4.69) is 24.3 Å². The summed E-state index contributed by atoms with van der Waals surface area (Å²) in [6.07, 6.45) is 1.42. The van der Waals surface area contributed by atoms with Crippen LogP contribution in [0, 0.1) is 5.92 Å². The van der Waals surface area contributed by atoms with Crippen molar-refractivity contribution in [1.29, 1.82) is 0 Å². The molecule has 1 N–H and O–H groups in total. The molecule has 68 valence electrons. The average molecular weight is 199 g/mol. The number of hydrogen-bond acceptors (Lipinski definition) is 2. The molecule has 11 heavy (non-hydrogen) atoms. The van der Waals surface area contributed by atoms with E-state index in [4.69, 9.17) is 0 Å². The molecule has 2 rings (SSSR count). The molecule has 0 aromatic carbocycles. The van der Waals surface area contributed by atoms with Crippen molar-refractivity contribution in [3.63, 3.8) is 0 Å². The molecule has 1 aliphatic carbocycles. The molecule has 0 spiro atoms. The Labute approximate surface area is 80.5 Å². The van der Waals surface area contributed by atoms with Gasteiger partial charge in [0.1, 0.15) is 0 Å². The highest BCUT2D eigenvalue weighted by molar-refractivity contribution is 5.85. The Balaban J connectivity index is 0.000000500. The van der Waals surface area contributed by atoms with E-state index in [1.54, 1.807) is 0 Å². The second-order valence-electron chi connectivity index (χ2n) is 3.53. The lowest BCUT2D eigenvalue weighted by atomic mass is 10.2. The smallest absolute Gasteiger partial charge is 0.0372 e. The predicted molar refractivity (Wildman–Crippen MR) is 51.9 cm³/mol. The largest absolute Gasteiger partial charge is 0.315 e. The highest BCUT2D eigenvalue weighted by Gasteiger charge is 2.58. The molecule has 4 heteroatoms. The zero-order valence-electron chi connectivity index (χ0n) is 6.96. The number of hydrogen-bond donors (Lipinski definition) is 1. The van der Waals surface area contributed by atoms with Crippen LogP contribution in [0.4, 0.5) is 0 Å². The fraction of sp³-hybridized carbons (Fsp3) is 1.00. The fourth-order valence-corrected chi connectivity index (χ4v) is 2.02. The quantitative estimate of drug-likeness (QED) is 0.670. The van der Waals surface area contributed by atoms with Gasteiger partial charge in [-0.05, 0) is 33.0 Å².